The Morgan fingerprint density at radius 1 is 1.03 bits per heavy atom. The number of rotatable bonds is 4. The van der Waals surface area contributed by atoms with Gasteiger partial charge in [0.1, 0.15) is 0 Å². The van der Waals surface area contributed by atoms with Crippen LogP contribution in [0, 0.1) is 40.4 Å². The van der Waals surface area contributed by atoms with Crippen molar-refractivity contribution >= 4 is 0 Å². The van der Waals surface area contributed by atoms with E-state index in [1.54, 1.807) is 5.57 Å². The van der Waals surface area contributed by atoms with Gasteiger partial charge in [-0.2, -0.15) is 0 Å². The van der Waals surface area contributed by atoms with Crippen LogP contribution < -0.4 is 0 Å². The van der Waals surface area contributed by atoms with Crippen LogP contribution in [-0.4, -0.2) is 21.9 Å². The van der Waals surface area contributed by atoms with Gasteiger partial charge in [0.25, 0.3) is 0 Å². The number of hydrogen-bond donors (Lipinski definition) is 2. The fourth-order valence-electron chi connectivity index (χ4n) is 7.56. The third-order valence-electron chi connectivity index (χ3n) is 10.2. The van der Waals surface area contributed by atoms with E-state index in [4.69, 9.17) is 0 Å². The van der Waals surface area contributed by atoms with Crippen LogP contribution in [0.15, 0.2) is 35.5 Å². The molecule has 2 nitrogen and oxygen atoms in total. The summed E-state index contributed by atoms with van der Waals surface area (Å²) < 4.78 is 0. The first kappa shape index (κ1) is 22.3. The molecular formula is C28H44O2. The Kier molecular flexibility index (Phi) is 5.68. The maximum atomic E-state index is 10.7. The summed E-state index contributed by atoms with van der Waals surface area (Å²) in [5.74, 6) is 2.79. The van der Waals surface area contributed by atoms with Crippen molar-refractivity contribution in [1.29, 1.82) is 0 Å². The molecule has 8 atom stereocenters. The van der Waals surface area contributed by atoms with Crippen LogP contribution in [0.5, 0.6) is 0 Å². The Balaban J connectivity index is 1.57. The number of fused-ring (bicyclic) bond motifs is 5. The quantitative estimate of drug-likeness (QED) is 0.521. The average molecular weight is 413 g/mol. The Hall–Kier alpha value is -0.860. The first-order valence-corrected chi connectivity index (χ1v) is 12.5. The van der Waals surface area contributed by atoms with E-state index in [1.807, 2.05) is 6.92 Å². The lowest BCUT2D eigenvalue weighted by molar-refractivity contribution is 0.0373. The van der Waals surface area contributed by atoms with Crippen molar-refractivity contribution in [2.75, 3.05) is 0 Å². The molecule has 4 aliphatic carbocycles. The minimum Gasteiger partial charge on any atom is -0.393 e. The minimum absolute atomic E-state index is 0.139. The molecule has 0 saturated heterocycles. The van der Waals surface area contributed by atoms with Crippen molar-refractivity contribution in [1.82, 2.24) is 0 Å². The van der Waals surface area contributed by atoms with Crippen molar-refractivity contribution in [3.05, 3.63) is 35.5 Å². The average Bonchev–Trinajstić information content (AvgIpc) is 3.04. The zero-order valence-corrected chi connectivity index (χ0v) is 20.1. The van der Waals surface area contributed by atoms with Crippen molar-refractivity contribution in [3.63, 3.8) is 0 Å². The van der Waals surface area contributed by atoms with Crippen LogP contribution in [0.1, 0.15) is 86.5 Å². The summed E-state index contributed by atoms with van der Waals surface area (Å²) in [6.45, 7) is 13.5. The molecule has 0 aliphatic heterocycles. The van der Waals surface area contributed by atoms with E-state index < -0.39 is 5.60 Å². The molecule has 0 aromatic rings. The minimum atomic E-state index is -0.724. The molecule has 0 amide bonds. The predicted octanol–water partition coefficient (Wildman–Crippen LogP) is 6.45. The largest absolute Gasteiger partial charge is 0.393 e. The molecule has 0 bridgehead atoms. The van der Waals surface area contributed by atoms with Gasteiger partial charge in [-0.15, -0.1) is 0 Å². The summed E-state index contributed by atoms with van der Waals surface area (Å²) in [5.41, 5.74) is 3.13. The van der Waals surface area contributed by atoms with Crippen LogP contribution >= 0.6 is 0 Å². The lowest BCUT2D eigenvalue weighted by Gasteiger charge is -2.55. The van der Waals surface area contributed by atoms with Gasteiger partial charge in [-0.1, -0.05) is 70.1 Å². The summed E-state index contributed by atoms with van der Waals surface area (Å²) in [4.78, 5) is 0. The molecule has 3 saturated carbocycles. The van der Waals surface area contributed by atoms with Gasteiger partial charge in [-0.3, -0.25) is 0 Å². The summed E-state index contributed by atoms with van der Waals surface area (Å²) in [7, 11) is 0. The van der Waals surface area contributed by atoms with E-state index in [9.17, 15) is 10.2 Å². The van der Waals surface area contributed by atoms with E-state index in [2.05, 4.69) is 58.9 Å². The fourth-order valence-corrected chi connectivity index (χ4v) is 7.56. The van der Waals surface area contributed by atoms with Crippen molar-refractivity contribution in [2.24, 2.45) is 40.4 Å². The lowest BCUT2D eigenvalue weighted by Crippen LogP contribution is -2.46. The zero-order valence-electron chi connectivity index (χ0n) is 20.1. The van der Waals surface area contributed by atoms with Gasteiger partial charge in [0.2, 0.25) is 0 Å². The van der Waals surface area contributed by atoms with Crippen molar-refractivity contribution < 1.29 is 10.2 Å². The van der Waals surface area contributed by atoms with Gasteiger partial charge < -0.3 is 10.2 Å². The van der Waals surface area contributed by atoms with Gasteiger partial charge >= 0.3 is 0 Å². The molecule has 2 heteroatoms. The Labute approximate surface area is 184 Å². The smallest absolute Gasteiger partial charge is 0.0822 e. The van der Waals surface area contributed by atoms with Crippen LogP contribution in [0.2, 0.25) is 0 Å². The number of hydrogen-bond acceptors (Lipinski definition) is 2. The van der Waals surface area contributed by atoms with E-state index in [0.717, 1.165) is 19.3 Å². The molecule has 30 heavy (non-hydrogen) atoms. The van der Waals surface area contributed by atoms with Gasteiger partial charge in [0, 0.05) is 0 Å². The number of allylic oxidation sites excluding steroid dienone is 4. The highest BCUT2D eigenvalue weighted by Crippen LogP contribution is 2.66. The molecule has 0 aromatic carbocycles. The predicted molar refractivity (Wildman–Crippen MR) is 125 cm³/mol. The third kappa shape index (κ3) is 3.47. The second kappa shape index (κ2) is 7.62. The topological polar surface area (TPSA) is 40.5 Å². The highest BCUT2D eigenvalue weighted by molar-refractivity contribution is 5.39. The second-order valence-electron chi connectivity index (χ2n) is 12.1. The molecule has 168 valence electrons. The molecule has 4 aliphatic rings. The molecular weight excluding hydrogens is 368 g/mol. The Morgan fingerprint density at radius 3 is 2.47 bits per heavy atom. The first-order valence-electron chi connectivity index (χ1n) is 12.5. The van der Waals surface area contributed by atoms with Gasteiger partial charge in [0.15, 0.2) is 0 Å². The van der Waals surface area contributed by atoms with Crippen LogP contribution in [-0.2, 0) is 0 Å². The fraction of sp³-hybridized carbons (Fsp3) is 0.786. The van der Waals surface area contributed by atoms with E-state index >= 15 is 0 Å². The maximum absolute atomic E-state index is 10.7. The lowest BCUT2D eigenvalue weighted by atomic mass is 9.50. The monoisotopic (exact) mass is 412 g/mol. The SMILES string of the molecule is CC(C)C(C)(O)/C=C/[C@@H](C)[C@H]1CC[C@H]2C3=CC=C4C[C@@H](O)CC[C@]4(C)[C@H]3CC[C@]12C. The highest BCUT2D eigenvalue weighted by atomic mass is 16.3. The Bertz CT molecular complexity index is 757. The summed E-state index contributed by atoms with van der Waals surface area (Å²) in [6.07, 6.45) is 17.3. The summed E-state index contributed by atoms with van der Waals surface area (Å²) >= 11 is 0. The molecule has 0 heterocycles. The van der Waals surface area contributed by atoms with Crippen molar-refractivity contribution in [3.8, 4) is 0 Å². The molecule has 4 rings (SSSR count). The standard InChI is InChI=1S/C28H44O2/c1-18(2)28(6,30)16-11-19(3)23-9-10-24-22-8-7-20-17-21(29)12-14-26(20,4)25(22)13-15-27(23,24)5/h7-8,11,16,18-19,21,23-25,29-30H,9-10,12-15,17H2,1-6H3/b16-11+/t19-,21+,23-,24+,25+,26+,27-,28?/m1/s1. The van der Waals surface area contributed by atoms with E-state index in [0.29, 0.717) is 29.1 Å². The van der Waals surface area contributed by atoms with Crippen LogP contribution in [0.25, 0.3) is 0 Å². The van der Waals surface area contributed by atoms with Crippen LogP contribution in [0.3, 0.4) is 0 Å². The zero-order chi connectivity index (χ0) is 21.9. The normalized spacial score (nSPS) is 44.0. The molecule has 3 fully saturated rings. The molecule has 1 unspecified atom stereocenters. The summed E-state index contributed by atoms with van der Waals surface area (Å²) in [6, 6.07) is 0. The summed E-state index contributed by atoms with van der Waals surface area (Å²) in [5, 5.41) is 20.9. The van der Waals surface area contributed by atoms with E-state index in [-0.39, 0.29) is 17.4 Å². The molecule has 0 radical (unpaired) electrons. The number of aliphatic hydroxyl groups excluding tert-OH is 1. The maximum Gasteiger partial charge on any atom is 0.0822 e. The van der Waals surface area contributed by atoms with Gasteiger partial charge in [0.05, 0.1) is 11.7 Å². The van der Waals surface area contributed by atoms with Gasteiger partial charge in [-0.25, -0.2) is 0 Å². The molecule has 0 aromatic heterocycles. The first-order chi connectivity index (χ1) is 14.0. The van der Waals surface area contributed by atoms with E-state index in [1.165, 1.54) is 31.3 Å². The Morgan fingerprint density at radius 2 is 1.77 bits per heavy atom. The third-order valence-corrected chi connectivity index (χ3v) is 10.2. The molecule has 0 spiro atoms. The number of aliphatic hydroxyl groups is 2. The van der Waals surface area contributed by atoms with Gasteiger partial charge in [-0.05, 0) is 92.3 Å². The second-order valence-corrected chi connectivity index (χ2v) is 12.1. The van der Waals surface area contributed by atoms with Crippen LogP contribution in [0.4, 0.5) is 0 Å². The highest BCUT2D eigenvalue weighted by Gasteiger charge is 2.56. The van der Waals surface area contributed by atoms with Crippen molar-refractivity contribution in [2.45, 2.75) is 98.2 Å². The molecule has 2 N–H and O–H groups in total.